The molecule has 0 aliphatic rings. The second-order valence-electron chi connectivity index (χ2n) is 3.95. The van der Waals surface area contributed by atoms with E-state index in [0.29, 0.717) is 0 Å². The van der Waals surface area contributed by atoms with E-state index in [0.717, 1.165) is 15.0 Å². The number of rotatable bonds is 2. The molecule has 0 amide bonds. The Morgan fingerprint density at radius 3 is 2.11 bits per heavy atom. The third kappa shape index (κ3) is 2.06. The Balaban J connectivity index is 2.19. The van der Waals surface area contributed by atoms with E-state index < -0.39 is 0 Å². The van der Waals surface area contributed by atoms with E-state index >= 15 is 0 Å². The van der Waals surface area contributed by atoms with Crippen molar-refractivity contribution in [3.63, 3.8) is 0 Å². The molecule has 2 nitrogen and oxygen atoms in total. The van der Waals surface area contributed by atoms with Gasteiger partial charge in [-0.15, -0.1) is 0 Å². The van der Waals surface area contributed by atoms with E-state index in [2.05, 4.69) is 52.0 Å². The number of halogens is 1. The zero-order valence-corrected chi connectivity index (χ0v) is 11.8. The molecule has 0 aliphatic heterocycles. The van der Waals surface area contributed by atoms with E-state index in [1.54, 1.807) is 0 Å². The van der Waals surface area contributed by atoms with E-state index in [1.165, 1.54) is 5.56 Å². The maximum Gasteiger partial charge on any atom is 0.0874 e. The van der Waals surface area contributed by atoms with Crippen molar-refractivity contribution in [2.75, 3.05) is 0 Å². The summed E-state index contributed by atoms with van der Waals surface area (Å²) in [7, 11) is 0. The Bertz CT molecular complexity index is 645. The summed E-state index contributed by atoms with van der Waals surface area (Å²) in [5, 5.41) is 4.47. The number of nitrogens with zero attached hydrogens (tertiary/aromatic N) is 2. The first-order valence-corrected chi connectivity index (χ1v) is 6.78. The smallest absolute Gasteiger partial charge is 0.0874 e. The molecule has 3 heteroatoms. The molecule has 2 aromatic carbocycles. The van der Waals surface area contributed by atoms with Crippen molar-refractivity contribution in [1.29, 1.82) is 0 Å². The van der Waals surface area contributed by atoms with Crippen LogP contribution in [0.3, 0.4) is 0 Å². The van der Waals surface area contributed by atoms with Crippen LogP contribution in [0.15, 0.2) is 66.9 Å². The average Bonchev–Trinajstić information content (AvgIpc) is 2.83. The average molecular weight is 346 g/mol. The lowest BCUT2D eigenvalue weighted by Crippen LogP contribution is -1.98. The second-order valence-corrected chi connectivity index (χ2v) is 5.12. The fourth-order valence-electron chi connectivity index (χ4n) is 1.95. The van der Waals surface area contributed by atoms with Gasteiger partial charge < -0.3 is 0 Å². The molecule has 0 aliphatic carbocycles. The molecule has 0 radical (unpaired) electrons. The van der Waals surface area contributed by atoms with Crippen molar-refractivity contribution < 1.29 is 0 Å². The summed E-state index contributed by atoms with van der Waals surface area (Å²) in [6.07, 6.45) is 1.90. The summed E-state index contributed by atoms with van der Waals surface area (Å²) in [5.41, 5.74) is 3.41. The van der Waals surface area contributed by atoms with Crippen molar-refractivity contribution in [3.05, 3.63) is 70.4 Å². The second kappa shape index (κ2) is 4.94. The molecule has 0 bridgehead atoms. The molecule has 3 aromatic rings. The van der Waals surface area contributed by atoms with Crippen LogP contribution in [0.25, 0.3) is 16.9 Å². The molecule has 0 atom stereocenters. The minimum absolute atomic E-state index is 1.08. The van der Waals surface area contributed by atoms with Gasteiger partial charge in [0.25, 0.3) is 0 Å². The van der Waals surface area contributed by atoms with E-state index in [-0.39, 0.29) is 0 Å². The summed E-state index contributed by atoms with van der Waals surface area (Å²) in [6, 6.07) is 20.5. The van der Waals surface area contributed by atoms with Gasteiger partial charge in [0.05, 0.1) is 21.1 Å². The van der Waals surface area contributed by atoms with Gasteiger partial charge in [-0.2, -0.15) is 5.10 Å². The van der Waals surface area contributed by atoms with Crippen LogP contribution in [0.1, 0.15) is 0 Å². The maximum absolute atomic E-state index is 4.47. The van der Waals surface area contributed by atoms with Crippen molar-refractivity contribution in [2.24, 2.45) is 0 Å². The van der Waals surface area contributed by atoms with Gasteiger partial charge >= 0.3 is 0 Å². The lowest BCUT2D eigenvalue weighted by atomic mass is 10.1. The quantitative estimate of drug-likeness (QED) is 0.638. The van der Waals surface area contributed by atoms with Crippen LogP contribution in [0, 0.1) is 3.57 Å². The molecular formula is C15H11IN2. The molecule has 1 aromatic heterocycles. The van der Waals surface area contributed by atoms with Crippen LogP contribution in [0.4, 0.5) is 0 Å². The first-order valence-electron chi connectivity index (χ1n) is 5.70. The molecule has 0 unspecified atom stereocenters. The molecule has 0 saturated heterocycles. The zero-order chi connectivity index (χ0) is 12.4. The monoisotopic (exact) mass is 346 g/mol. The summed E-state index contributed by atoms with van der Waals surface area (Å²) in [5.74, 6) is 0. The highest BCUT2D eigenvalue weighted by Gasteiger charge is 2.11. The summed E-state index contributed by atoms with van der Waals surface area (Å²) >= 11 is 2.33. The number of para-hydroxylation sites is 1. The normalized spacial score (nSPS) is 10.5. The van der Waals surface area contributed by atoms with Crippen LogP contribution in [-0.2, 0) is 0 Å². The van der Waals surface area contributed by atoms with Gasteiger partial charge in [0.1, 0.15) is 0 Å². The Morgan fingerprint density at radius 2 is 1.44 bits per heavy atom. The minimum atomic E-state index is 1.08. The van der Waals surface area contributed by atoms with Gasteiger partial charge in [-0.3, -0.25) is 0 Å². The predicted molar refractivity (Wildman–Crippen MR) is 81.7 cm³/mol. The van der Waals surface area contributed by atoms with E-state index in [4.69, 9.17) is 0 Å². The fourth-order valence-corrected chi connectivity index (χ4v) is 2.61. The largest absolute Gasteiger partial charge is 0.232 e. The summed E-state index contributed by atoms with van der Waals surface area (Å²) in [4.78, 5) is 0. The van der Waals surface area contributed by atoms with Crippen LogP contribution < -0.4 is 0 Å². The Labute approximate surface area is 119 Å². The van der Waals surface area contributed by atoms with Gasteiger partial charge in [-0.25, -0.2) is 4.68 Å². The molecule has 0 N–H and O–H groups in total. The number of hydrogen-bond acceptors (Lipinski definition) is 1. The standard InChI is InChI=1S/C15H11IN2/c16-14-11-17-18(13-9-5-2-6-10-13)15(14)12-7-3-1-4-8-12/h1-11H. The summed E-state index contributed by atoms with van der Waals surface area (Å²) < 4.78 is 3.14. The summed E-state index contributed by atoms with van der Waals surface area (Å²) in [6.45, 7) is 0. The first kappa shape index (κ1) is 11.5. The van der Waals surface area contributed by atoms with Gasteiger partial charge in [0.2, 0.25) is 0 Å². The topological polar surface area (TPSA) is 17.8 Å². The van der Waals surface area contributed by atoms with Gasteiger partial charge in [-0.05, 0) is 34.7 Å². The fraction of sp³-hybridized carbons (Fsp3) is 0. The lowest BCUT2D eigenvalue weighted by molar-refractivity contribution is 0.888. The highest BCUT2D eigenvalue weighted by molar-refractivity contribution is 14.1. The zero-order valence-electron chi connectivity index (χ0n) is 9.62. The van der Waals surface area contributed by atoms with Gasteiger partial charge in [-0.1, -0.05) is 48.5 Å². The van der Waals surface area contributed by atoms with Crippen molar-refractivity contribution in [2.45, 2.75) is 0 Å². The van der Waals surface area contributed by atoms with Crippen LogP contribution in [0.5, 0.6) is 0 Å². The molecule has 0 spiro atoms. The Kier molecular flexibility index (Phi) is 3.15. The lowest BCUT2D eigenvalue weighted by Gasteiger charge is -2.08. The molecule has 3 rings (SSSR count). The molecular weight excluding hydrogens is 335 g/mol. The predicted octanol–water partition coefficient (Wildman–Crippen LogP) is 4.14. The van der Waals surface area contributed by atoms with E-state index in [9.17, 15) is 0 Å². The highest BCUT2D eigenvalue weighted by Crippen LogP contribution is 2.27. The Morgan fingerprint density at radius 1 is 0.833 bits per heavy atom. The van der Waals surface area contributed by atoms with Crippen LogP contribution in [-0.4, -0.2) is 9.78 Å². The van der Waals surface area contributed by atoms with Crippen molar-refractivity contribution >= 4 is 22.6 Å². The molecule has 1 heterocycles. The SMILES string of the molecule is Ic1cnn(-c2ccccc2)c1-c1ccccc1. The first-order chi connectivity index (χ1) is 8.86. The van der Waals surface area contributed by atoms with E-state index in [1.807, 2.05) is 47.3 Å². The van der Waals surface area contributed by atoms with Gasteiger partial charge in [0.15, 0.2) is 0 Å². The minimum Gasteiger partial charge on any atom is -0.232 e. The molecule has 0 saturated carbocycles. The molecule has 0 fully saturated rings. The third-order valence-electron chi connectivity index (χ3n) is 2.77. The van der Waals surface area contributed by atoms with Crippen molar-refractivity contribution in [3.8, 4) is 16.9 Å². The molecule has 88 valence electrons. The van der Waals surface area contributed by atoms with Gasteiger partial charge in [0, 0.05) is 5.56 Å². The number of aromatic nitrogens is 2. The number of hydrogen-bond donors (Lipinski definition) is 0. The maximum atomic E-state index is 4.47. The highest BCUT2D eigenvalue weighted by atomic mass is 127. The van der Waals surface area contributed by atoms with Crippen LogP contribution in [0.2, 0.25) is 0 Å². The van der Waals surface area contributed by atoms with Crippen molar-refractivity contribution in [1.82, 2.24) is 9.78 Å². The molecule has 18 heavy (non-hydrogen) atoms. The number of benzene rings is 2. The third-order valence-corrected chi connectivity index (χ3v) is 3.56. The van der Waals surface area contributed by atoms with Crippen LogP contribution >= 0.6 is 22.6 Å². The Hall–Kier alpha value is -1.62.